The molecule has 9 heteroatoms. The number of nitrogens with zero attached hydrogens (tertiary/aromatic N) is 5. The number of aryl methyl sites for hydroxylation is 1. The van der Waals surface area contributed by atoms with Gasteiger partial charge < -0.3 is 28.7 Å². The van der Waals surface area contributed by atoms with Gasteiger partial charge in [-0.3, -0.25) is 4.85 Å². The second-order valence-corrected chi connectivity index (χ2v) is 14.4. The van der Waals surface area contributed by atoms with E-state index in [-0.39, 0.29) is 11.1 Å². The second-order valence-electron chi connectivity index (χ2n) is 14.4. The van der Waals surface area contributed by atoms with Gasteiger partial charge in [0.2, 0.25) is 0 Å². The van der Waals surface area contributed by atoms with E-state index in [0.29, 0.717) is 60.8 Å². The highest BCUT2D eigenvalue weighted by Crippen LogP contribution is 2.40. The molecule has 8 rings (SSSR count). The lowest BCUT2D eigenvalue weighted by atomic mass is 9.77. The predicted molar refractivity (Wildman–Crippen MR) is 216 cm³/mol. The van der Waals surface area contributed by atoms with Gasteiger partial charge in [0.25, 0.3) is 0 Å². The van der Waals surface area contributed by atoms with E-state index in [4.69, 9.17) is 32.1 Å². The zero-order valence-electron chi connectivity index (χ0n) is 31.2. The fraction of sp³-hybridized carbons (Fsp3) is 0.170. The summed E-state index contributed by atoms with van der Waals surface area (Å²) in [7, 11) is 0. The molecule has 0 atom stereocenters. The maximum Gasteiger partial charge on any atom is 0.198 e. The molecule has 2 aliphatic rings. The van der Waals surface area contributed by atoms with Crippen molar-refractivity contribution in [3.8, 4) is 40.6 Å². The van der Waals surface area contributed by atoms with Crippen molar-refractivity contribution in [1.29, 1.82) is 5.26 Å². The average molecular weight is 736 g/mol. The fourth-order valence-corrected chi connectivity index (χ4v) is 7.06. The third-order valence-corrected chi connectivity index (χ3v) is 10.4. The van der Waals surface area contributed by atoms with E-state index in [1.54, 1.807) is 24.3 Å². The first kappa shape index (κ1) is 35.6. The summed E-state index contributed by atoms with van der Waals surface area (Å²) < 4.78 is 24.7. The third kappa shape index (κ3) is 7.12. The van der Waals surface area contributed by atoms with E-state index >= 15 is 0 Å². The normalized spacial score (nSPS) is 13.1. The first-order chi connectivity index (χ1) is 27.2. The Bertz CT molecular complexity index is 2610. The topological polar surface area (TPSA) is 75.9 Å². The Balaban J connectivity index is 0.979. The molecule has 56 heavy (non-hydrogen) atoms. The van der Waals surface area contributed by atoms with E-state index in [1.807, 2.05) is 61.5 Å². The molecule has 0 saturated heterocycles. The van der Waals surface area contributed by atoms with Crippen LogP contribution in [0.2, 0.25) is 0 Å². The minimum absolute atomic E-state index is 0.267. The van der Waals surface area contributed by atoms with Crippen LogP contribution in [0.25, 0.3) is 9.69 Å². The quantitative estimate of drug-likeness (QED) is 0.144. The first-order valence-corrected chi connectivity index (χ1v) is 18.2. The zero-order chi connectivity index (χ0) is 38.8. The maximum atomic E-state index is 9.45. The predicted octanol–water partition coefficient (Wildman–Crippen LogP) is 11.6. The van der Waals surface area contributed by atoms with Gasteiger partial charge in [-0.05, 0) is 96.4 Å². The van der Waals surface area contributed by atoms with Gasteiger partial charge >= 0.3 is 0 Å². The van der Waals surface area contributed by atoms with Crippen LogP contribution in [-0.2, 0) is 18.5 Å². The highest BCUT2D eigenvalue weighted by atomic mass is 16.5. The van der Waals surface area contributed by atoms with Crippen LogP contribution in [0.15, 0.2) is 121 Å². The van der Waals surface area contributed by atoms with E-state index in [9.17, 15) is 5.26 Å². The van der Waals surface area contributed by atoms with Gasteiger partial charge in [-0.1, -0.05) is 50.2 Å². The molecule has 6 aromatic carbocycles. The minimum atomic E-state index is -0.320. The molecule has 274 valence electrons. The van der Waals surface area contributed by atoms with Crippen LogP contribution in [0.1, 0.15) is 47.2 Å². The average Bonchev–Trinajstić information content (AvgIpc) is 3.23. The number of anilines is 2. The Morgan fingerprint density at radius 1 is 0.625 bits per heavy atom. The van der Waals surface area contributed by atoms with Crippen molar-refractivity contribution in [1.82, 2.24) is 0 Å². The first-order valence-electron chi connectivity index (χ1n) is 18.2. The van der Waals surface area contributed by atoms with Crippen LogP contribution < -0.4 is 28.7 Å². The Labute approximate surface area is 326 Å². The smallest absolute Gasteiger partial charge is 0.198 e. The zero-order valence-corrected chi connectivity index (χ0v) is 31.2. The van der Waals surface area contributed by atoms with E-state index in [2.05, 4.69) is 81.9 Å². The number of ether oxygens (including phenoxy) is 4. The van der Waals surface area contributed by atoms with Crippen LogP contribution in [0.3, 0.4) is 0 Å². The summed E-state index contributed by atoms with van der Waals surface area (Å²) in [5.41, 5.74) is 8.23. The molecule has 0 bridgehead atoms. The molecule has 2 heterocycles. The van der Waals surface area contributed by atoms with Gasteiger partial charge in [-0.15, -0.1) is 0 Å². The Morgan fingerprint density at radius 2 is 1.14 bits per heavy atom. The molecular formula is C47H37N5O4. The Hall–Kier alpha value is -7.41. The molecule has 0 amide bonds. The molecule has 0 N–H and O–H groups in total. The van der Waals surface area contributed by atoms with Gasteiger partial charge in [-0.2, -0.15) is 5.26 Å². The van der Waals surface area contributed by atoms with Crippen molar-refractivity contribution in [3.05, 3.63) is 178 Å². The highest BCUT2D eigenvalue weighted by Gasteiger charge is 2.29. The van der Waals surface area contributed by atoms with Crippen LogP contribution >= 0.6 is 0 Å². The van der Waals surface area contributed by atoms with Gasteiger partial charge in [0, 0.05) is 53.1 Å². The maximum absolute atomic E-state index is 9.45. The lowest BCUT2D eigenvalue weighted by molar-refractivity contribution is 0.288. The third-order valence-electron chi connectivity index (χ3n) is 10.4. The molecule has 0 spiro atoms. The van der Waals surface area contributed by atoms with Crippen LogP contribution in [0, 0.1) is 31.4 Å². The van der Waals surface area contributed by atoms with Gasteiger partial charge in [0.05, 0.1) is 24.8 Å². The molecule has 0 unspecified atom stereocenters. The van der Waals surface area contributed by atoms with Crippen molar-refractivity contribution in [3.63, 3.8) is 0 Å². The number of benzene rings is 6. The van der Waals surface area contributed by atoms with Crippen LogP contribution in [0.4, 0.5) is 22.7 Å². The summed E-state index contributed by atoms with van der Waals surface area (Å²) in [5, 5.41) is 9.45. The molecule has 0 aliphatic carbocycles. The molecule has 0 fully saturated rings. The molecule has 0 saturated carbocycles. The summed E-state index contributed by atoms with van der Waals surface area (Å²) in [6.45, 7) is 23.2. The largest absolute Gasteiger partial charge is 0.473 e. The monoisotopic (exact) mass is 735 g/mol. The second kappa shape index (κ2) is 14.8. The van der Waals surface area contributed by atoms with Crippen molar-refractivity contribution >= 4 is 22.7 Å². The lowest BCUT2D eigenvalue weighted by Gasteiger charge is -2.34. The standard InChI is InChI=1S/C47H37N5O4/c1-31-12-15-41(22-32(31)26-48)55-39-10-6-8-37(23-39)51-27-33-20-35(13-18-45(33)53-29-51)47(2,3)36-14-19-46-34(21-36)28-52(30-54-46)38-9-7-11-40(24-38)56-42-16-17-43(49-4)44(25-42)50-5/h6-25H,27-30H2,1-3H3. The number of fused-ring (bicyclic) bond motifs is 2. The number of rotatable bonds is 8. The Morgan fingerprint density at radius 3 is 1.68 bits per heavy atom. The van der Waals surface area contributed by atoms with Crippen LogP contribution in [0.5, 0.6) is 34.5 Å². The van der Waals surface area contributed by atoms with E-state index in [1.165, 1.54) is 11.1 Å². The lowest BCUT2D eigenvalue weighted by Crippen LogP contribution is -2.33. The molecule has 0 aromatic heterocycles. The number of hydrogen-bond donors (Lipinski definition) is 0. The van der Waals surface area contributed by atoms with Crippen molar-refractivity contribution in [2.45, 2.75) is 39.3 Å². The molecule has 9 nitrogen and oxygen atoms in total. The van der Waals surface area contributed by atoms with E-state index in [0.717, 1.165) is 39.6 Å². The van der Waals surface area contributed by atoms with Crippen molar-refractivity contribution in [2.24, 2.45) is 0 Å². The van der Waals surface area contributed by atoms with Crippen molar-refractivity contribution in [2.75, 3.05) is 23.3 Å². The fourth-order valence-electron chi connectivity index (χ4n) is 7.06. The SMILES string of the molecule is [C-]#[N+]c1ccc(Oc2cccc(N3COc4ccc(C(C)(C)c5ccc6c(c5)CN(c5cccc(Oc7ccc(C)c(C#N)c7)c5)CO6)cc4C3)c2)cc1[N+]#[C-]. The summed E-state index contributed by atoms with van der Waals surface area (Å²) in [4.78, 5) is 11.2. The Kier molecular flexibility index (Phi) is 9.40. The van der Waals surface area contributed by atoms with E-state index < -0.39 is 0 Å². The molecule has 2 aliphatic heterocycles. The highest BCUT2D eigenvalue weighted by molar-refractivity contribution is 5.72. The number of nitriles is 1. The number of hydrogen-bond acceptors (Lipinski definition) is 7. The van der Waals surface area contributed by atoms with Gasteiger partial charge in [0.15, 0.2) is 24.8 Å². The van der Waals surface area contributed by atoms with Gasteiger partial charge in [0.1, 0.15) is 34.5 Å². The summed E-state index contributed by atoms with van der Waals surface area (Å²) in [6, 6.07) is 41.4. The van der Waals surface area contributed by atoms with Crippen LogP contribution in [-0.4, -0.2) is 13.5 Å². The van der Waals surface area contributed by atoms with Gasteiger partial charge in [-0.25, -0.2) is 4.85 Å². The molecule has 0 radical (unpaired) electrons. The summed E-state index contributed by atoms with van der Waals surface area (Å²) >= 11 is 0. The molecule has 6 aromatic rings. The summed E-state index contributed by atoms with van der Waals surface area (Å²) in [6.07, 6.45) is 0. The van der Waals surface area contributed by atoms with Crippen molar-refractivity contribution < 1.29 is 18.9 Å². The molecular weight excluding hydrogens is 699 g/mol. The summed E-state index contributed by atoms with van der Waals surface area (Å²) in [5.74, 6) is 4.19. The minimum Gasteiger partial charge on any atom is -0.473 e.